The maximum Gasteiger partial charge on any atom is 0.0851 e. The van der Waals surface area contributed by atoms with Gasteiger partial charge < -0.3 is 4.74 Å². The molecule has 3 N–H and O–H groups in total. The maximum absolute atomic E-state index is 6.23. The van der Waals surface area contributed by atoms with Gasteiger partial charge in [-0.1, -0.05) is 19.9 Å². The molecule has 0 spiro atoms. The van der Waals surface area contributed by atoms with Crippen molar-refractivity contribution < 1.29 is 4.74 Å². The Morgan fingerprint density at radius 2 is 2.05 bits per heavy atom. The average molecular weight is 291 g/mol. The van der Waals surface area contributed by atoms with E-state index >= 15 is 0 Å². The predicted octanol–water partition coefficient (Wildman–Crippen LogP) is 2.83. The summed E-state index contributed by atoms with van der Waals surface area (Å²) < 4.78 is 6.23. The van der Waals surface area contributed by atoms with Gasteiger partial charge in [0.1, 0.15) is 0 Å². The van der Waals surface area contributed by atoms with Crippen LogP contribution in [0.15, 0.2) is 24.5 Å². The number of rotatable bonds is 6. The molecule has 0 aromatic carbocycles. The van der Waals surface area contributed by atoms with Crippen LogP contribution in [0.5, 0.6) is 0 Å². The number of nitrogens with two attached hydrogens (primary N) is 1. The number of hydrogen-bond acceptors (Lipinski definition) is 4. The normalized spacial score (nSPS) is 21.9. The van der Waals surface area contributed by atoms with Crippen LogP contribution in [-0.2, 0) is 11.2 Å². The van der Waals surface area contributed by atoms with Crippen LogP contribution in [0, 0.1) is 5.41 Å². The van der Waals surface area contributed by atoms with E-state index in [1.807, 2.05) is 12.3 Å². The molecule has 1 heterocycles. The summed E-state index contributed by atoms with van der Waals surface area (Å²) in [6.07, 6.45) is 9.04. The first-order valence-corrected chi connectivity index (χ1v) is 8.00. The minimum absolute atomic E-state index is 0.123. The van der Waals surface area contributed by atoms with Crippen LogP contribution in [0.1, 0.15) is 52.0 Å². The molecule has 4 heteroatoms. The van der Waals surface area contributed by atoms with Gasteiger partial charge in [0.25, 0.3) is 0 Å². The second kappa shape index (κ2) is 6.86. The first-order valence-electron chi connectivity index (χ1n) is 8.00. The third kappa shape index (κ3) is 4.02. The van der Waals surface area contributed by atoms with E-state index in [1.54, 1.807) is 6.20 Å². The molecule has 1 unspecified atom stereocenters. The number of nitrogens with one attached hydrogen (secondary N) is 1. The maximum atomic E-state index is 6.23. The number of ether oxygens (including phenoxy) is 1. The Kier molecular flexibility index (Phi) is 5.36. The Balaban J connectivity index is 2.15. The minimum Gasteiger partial charge on any atom is -0.374 e. The summed E-state index contributed by atoms with van der Waals surface area (Å²) in [5.74, 6) is 5.88. The van der Waals surface area contributed by atoms with Gasteiger partial charge in [-0.3, -0.25) is 16.3 Å². The zero-order chi connectivity index (χ0) is 15.3. The molecule has 0 radical (unpaired) electrons. The molecule has 1 atom stereocenters. The van der Waals surface area contributed by atoms with Gasteiger partial charge in [-0.25, -0.2) is 0 Å². The van der Waals surface area contributed by atoms with Crippen molar-refractivity contribution in [3.05, 3.63) is 30.1 Å². The first-order chi connectivity index (χ1) is 10.0. The second-order valence-corrected chi connectivity index (χ2v) is 6.95. The molecule has 1 aliphatic rings. The Morgan fingerprint density at radius 3 is 2.57 bits per heavy atom. The number of aromatic nitrogens is 1. The van der Waals surface area contributed by atoms with Crippen LogP contribution in [-0.4, -0.2) is 23.2 Å². The standard InChI is InChI=1S/C17H29N3O/c1-4-21-17(9-7-16(2,3)8-10-17)15(20-18)12-14-6-5-11-19-13-14/h5-6,11,13,15,20H,4,7-10,12,18H2,1-3H3. The fourth-order valence-corrected chi connectivity index (χ4v) is 3.38. The summed E-state index contributed by atoms with van der Waals surface area (Å²) in [6.45, 7) is 7.48. The van der Waals surface area contributed by atoms with E-state index in [1.165, 1.54) is 18.4 Å². The fraction of sp³-hybridized carbons (Fsp3) is 0.706. The lowest BCUT2D eigenvalue weighted by Crippen LogP contribution is -2.58. The molecule has 1 fully saturated rings. The average Bonchev–Trinajstić information content (AvgIpc) is 2.49. The highest BCUT2D eigenvalue weighted by atomic mass is 16.5. The molecule has 0 saturated heterocycles. The lowest BCUT2D eigenvalue weighted by molar-refractivity contribution is -0.106. The molecule has 1 aromatic heterocycles. The van der Waals surface area contributed by atoms with E-state index in [9.17, 15) is 0 Å². The summed E-state index contributed by atoms with van der Waals surface area (Å²) in [6, 6.07) is 4.20. The molecular weight excluding hydrogens is 262 g/mol. The topological polar surface area (TPSA) is 60.2 Å². The second-order valence-electron chi connectivity index (χ2n) is 6.95. The molecule has 118 valence electrons. The van der Waals surface area contributed by atoms with E-state index in [0.29, 0.717) is 5.41 Å². The zero-order valence-corrected chi connectivity index (χ0v) is 13.6. The molecule has 1 aliphatic carbocycles. The third-order valence-corrected chi connectivity index (χ3v) is 4.88. The van der Waals surface area contributed by atoms with Crippen molar-refractivity contribution in [3.63, 3.8) is 0 Å². The van der Waals surface area contributed by atoms with E-state index in [2.05, 4.69) is 37.2 Å². The summed E-state index contributed by atoms with van der Waals surface area (Å²) in [7, 11) is 0. The van der Waals surface area contributed by atoms with Crippen LogP contribution in [0.2, 0.25) is 0 Å². The molecule has 0 aliphatic heterocycles. The van der Waals surface area contributed by atoms with Crippen LogP contribution in [0.25, 0.3) is 0 Å². The third-order valence-electron chi connectivity index (χ3n) is 4.88. The highest BCUT2D eigenvalue weighted by molar-refractivity contribution is 5.13. The molecule has 4 nitrogen and oxygen atoms in total. The highest BCUT2D eigenvalue weighted by Gasteiger charge is 2.44. The van der Waals surface area contributed by atoms with Gasteiger partial charge in [-0.15, -0.1) is 0 Å². The fourth-order valence-electron chi connectivity index (χ4n) is 3.38. The van der Waals surface area contributed by atoms with Crippen molar-refractivity contribution in [1.29, 1.82) is 0 Å². The Morgan fingerprint density at radius 1 is 1.33 bits per heavy atom. The van der Waals surface area contributed by atoms with E-state index in [4.69, 9.17) is 10.6 Å². The van der Waals surface area contributed by atoms with E-state index in [0.717, 1.165) is 25.9 Å². The van der Waals surface area contributed by atoms with Crippen molar-refractivity contribution in [2.24, 2.45) is 11.3 Å². The van der Waals surface area contributed by atoms with Gasteiger partial charge >= 0.3 is 0 Å². The molecule has 2 rings (SSSR count). The van der Waals surface area contributed by atoms with E-state index in [-0.39, 0.29) is 11.6 Å². The van der Waals surface area contributed by atoms with Gasteiger partial charge in [0.05, 0.1) is 11.6 Å². The SMILES string of the molecule is CCOC1(C(Cc2cccnc2)NN)CCC(C)(C)CC1. The number of nitrogens with zero attached hydrogens (tertiary/aromatic N) is 1. The summed E-state index contributed by atoms with van der Waals surface area (Å²) in [4.78, 5) is 4.20. The number of hydrogen-bond donors (Lipinski definition) is 2. The lowest BCUT2D eigenvalue weighted by Gasteiger charge is -2.47. The molecule has 0 amide bonds. The molecule has 1 aromatic rings. The Labute approximate surface area is 128 Å². The van der Waals surface area contributed by atoms with E-state index < -0.39 is 0 Å². The van der Waals surface area contributed by atoms with Crippen molar-refractivity contribution in [1.82, 2.24) is 10.4 Å². The van der Waals surface area contributed by atoms with Gasteiger partial charge in [0.15, 0.2) is 0 Å². The summed E-state index contributed by atoms with van der Waals surface area (Å²) >= 11 is 0. The van der Waals surface area contributed by atoms with Crippen LogP contribution in [0.4, 0.5) is 0 Å². The lowest BCUT2D eigenvalue weighted by atomic mass is 9.67. The van der Waals surface area contributed by atoms with Gasteiger partial charge in [-0.05, 0) is 56.1 Å². The predicted molar refractivity (Wildman–Crippen MR) is 85.7 cm³/mol. The van der Waals surface area contributed by atoms with Gasteiger partial charge in [0, 0.05) is 19.0 Å². The van der Waals surface area contributed by atoms with Crippen molar-refractivity contribution in [2.75, 3.05) is 6.61 Å². The first kappa shape index (κ1) is 16.4. The zero-order valence-electron chi connectivity index (χ0n) is 13.6. The quantitative estimate of drug-likeness (QED) is 0.625. The van der Waals surface area contributed by atoms with Crippen LogP contribution in [0.3, 0.4) is 0 Å². The Bertz CT molecular complexity index is 423. The number of hydrazine groups is 1. The Hall–Kier alpha value is -0.970. The van der Waals surface area contributed by atoms with Crippen LogP contribution >= 0.6 is 0 Å². The largest absolute Gasteiger partial charge is 0.374 e. The number of pyridine rings is 1. The molecule has 0 bridgehead atoms. The van der Waals surface area contributed by atoms with Gasteiger partial charge in [0.2, 0.25) is 0 Å². The molecule has 21 heavy (non-hydrogen) atoms. The highest BCUT2D eigenvalue weighted by Crippen LogP contribution is 2.44. The minimum atomic E-state index is -0.158. The summed E-state index contributed by atoms with van der Waals surface area (Å²) in [5, 5.41) is 0. The summed E-state index contributed by atoms with van der Waals surface area (Å²) in [5.41, 5.74) is 4.47. The van der Waals surface area contributed by atoms with Gasteiger partial charge in [-0.2, -0.15) is 0 Å². The van der Waals surface area contributed by atoms with Crippen molar-refractivity contribution in [2.45, 2.75) is 64.5 Å². The van der Waals surface area contributed by atoms with Crippen LogP contribution < -0.4 is 11.3 Å². The molecular formula is C17H29N3O. The monoisotopic (exact) mass is 291 g/mol. The smallest absolute Gasteiger partial charge is 0.0851 e. The molecule has 1 saturated carbocycles. The van der Waals surface area contributed by atoms with Crippen molar-refractivity contribution >= 4 is 0 Å². The van der Waals surface area contributed by atoms with Crippen molar-refractivity contribution in [3.8, 4) is 0 Å².